The lowest BCUT2D eigenvalue weighted by atomic mass is 10.2. The standard InChI is InChI=1S/C15H17N3S2/c1-2-16-9-12-3-5-14(6-4-12)20-11-13-10-18-7-8-19-15(18)17-13/h3-8,10,16H,2,9,11H2,1H3. The number of thioether (sulfide) groups is 1. The van der Waals surface area contributed by atoms with Gasteiger partial charge in [0.15, 0.2) is 4.96 Å². The number of nitrogens with one attached hydrogen (secondary N) is 1. The van der Waals surface area contributed by atoms with Crippen molar-refractivity contribution in [3.63, 3.8) is 0 Å². The molecule has 0 unspecified atom stereocenters. The van der Waals surface area contributed by atoms with Crippen molar-refractivity contribution in [1.29, 1.82) is 0 Å². The fraction of sp³-hybridized carbons (Fsp3) is 0.267. The van der Waals surface area contributed by atoms with Gasteiger partial charge in [-0.1, -0.05) is 19.1 Å². The van der Waals surface area contributed by atoms with E-state index in [1.807, 2.05) is 11.8 Å². The van der Waals surface area contributed by atoms with Gasteiger partial charge >= 0.3 is 0 Å². The third kappa shape index (κ3) is 3.23. The largest absolute Gasteiger partial charge is 0.313 e. The molecule has 5 heteroatoms. The van der Waals surface area contributed by atoms with Crippen LogP contribution in [0.2, 0.25) is 0 Å². The Kier molecular flexibility index (Phi) is 4.40. The van der Waals surface area contributed by atoms with Gasteiger partial charge in [0, 0.05) is 35.0 Å². The first-order chi connectivity index (χ1) is 9.85. The highest BCUT2D eigenvalue weighted by molar-refractivity contribution is 7.98. The Morgan fingerprint density at radius 3 is 2.90 bits per heavy atom. The Labute approximate surface area is 127 Å². The van der Waals surface area contributed by atoms with E-state index in [9.17, 15) is 0 Å². The van der Waals surface area contributed by atoms with E-state index in [-0.39, 0.29) is 0 Å². The normalized spacial score (nSPS) is 11.2. The summed E-state index contributed by atoms with van der Waals surface area (Å²) < 4.78 is 2.08. The van der Waals surface area contributed by atoms with E-state index in [1.54, 1.807) is 11.3 Å². The summed E-state index contributed by atoms with van der Waals surface area (Å²) in [6.45, 7) is 4.08. The molecule has 20 heavy (non-hydrogen) atoms. The molecule has 0 bridgehead atoms. The van der Waals surface area contributed by atoms with Crippen molar-refractivity contribution < 1.29 is 0 Å². The second-order valence-electron chi connectivity index (χ2n) is 4.54. The summed E-state index contributed by atoms with van der Waals surface area (Å²) in [6.07, 6.45) is 4.16. The Hall–Kier alpha value is -1.30. The Morgan fingerprint density at radius 2 is 2.15 bits per heavy atom. The van der Waals surface area contributed by atoms with Crippen molar-refractivity contribution in [2.24, 2.45) is 0 Å². The third-order valence-electron chi connectivity index (χ3n) is 3.03. The molecule has 0 atom stereocenters. The summed E-state index contributed by atoms with van der Waals surface area (Å²) in [5, 5.41) is 5.39. The molecule has 2 heterocycles. The fourth-order valence-corrected chi connectivity index (χ4v) is 3.48. The van der Waals surface area contributed by atoms with Gasteiger partial charge in [-0.2, -0.15) is 0 Å². The number of rotatable bonds is 6. The number of imidazole rings is 1. The maximum Gasteiger partial charge on any atom is 0.193 e. The minimum absolute atomic E-state index is 0.918. The fourth-order valence-electron chi connectivity index (χ4n) is 1.98. The topological polar surface area (TPSA) is 29.3 Å². The van der Waals surface area contributed by atoms with Gasteiger partial charge in [-0.15, -0.1) is 23.1 Å². The number of hydrogen-bond donors (Lipinski definition) is 1. The highest BCUT2D eigenvalue weighted by Crippen LogP contribution is 2.23. The number of fused-ring (bicyclic) bond motifs is 1. The predicted octanol–water partition coefficient (Wildman–Crippen LogP) is 3.80. The van der Waals surface area contributed by atoms with E-state index in [4.69, 9.17) is 0 Å². The van der Waals surface area contributed by atoms with Crippen molar-refractivity contribution in [2.75, 3.05) is 6.54 Å². The van der Waals surface area contributed by atoms with E-state index in [2.05, 4.69) is 63.7 Å². The Balaban J connectivity index is 1.58. The zero-order chi connectivity index (χ0) is 13.8. The molecule has 0 radical (unpaired) electrons. The van der Waals surface area contributed by atoms with Gasteiger partial charge in [-0.3, -0.25) is 4.40 Å². The lowest BCUT2D eigenvalue weighted by molar-refractivity contribution is 0.726. The third-order valence-corrected chi connectivity index (χ3v) is 4.85. The van der Waals surface area contributed by atoms with Crippen LogP contribution in [0.1, 0.15) is 18.2 Å². The van der Waals surface area contributed by atoms with E-state index in [0.717, 1.165) is 29.5 Å². The minimum Gasteiger partial charge on any atom is -0.313 e. The summed E-state index contributed by atoms with van der Waals surface area (Å²) in [4.78, 5) is 6.96. The van der Waals surface area contributed by atoms with Crippen molar-refractivity contribution in [2.45, 2.75) is 24.1 Å². The Bertz CT molecular complexity index is 641. The molecular weight excluding hydrogens is 286 g/mol. The molecule has 3 nitrogen and oxygen atoms in total. The Morgan fingerprint density at radius 1 is 1.30 bits per heavy atom. The molecule has 0 amide bonds. The predicted molar refractivity (Wildman–Crippen MR) is 86.5 cm³/mol. The molecule has 3 rings (SSSR count). The molecular formula is C15H17N3S2. The molecule has 104 valence electrons. The van der Waals surface area contributed by atoms with Crippen molar-refractivity contribution in [3.05, 3.63) is 53.3 Å². The van der Waals surface area contributed by atoms with Crippen LogP contribution in [0.5, 0.6) is 0 Å². The summed E-state index contributed by atoms with van der Waals surface area (Å²) in [5.74, 6) is 0.918. The number of thiazole rings is 1. The van der Waals surface area contributed by atoms with Crippen LogP contribution in [-0.4, -0.2) is 15.9 Å². The number of aromatic nitrogens is 2. The summed E-state index contributed by atoms with van der Waals surface area (Å²) in [6, 6.07) is 8.76. The lowest BCUT2D eigenvalue weighted by Gasteiger charge is -2.04. The monoisotopic (exact) mass is 303 g/mol. The van der Waals surface area contributed by atoms with Gasteiger partial charge in [0.05, 0.1) is 5.69 Å². The van der Waals surface area contributed by atoms with E-state index >= 15 is 0 Å². The smallest absolute Gasteiger partial charge is 0.193 e. The SMILES string of the molecule is CCNCc1ccc(SCc2cn3ccsc3n2)cc1. The van der Waals surface area contributed by atoms with Gasteiger partial charge in [-0.05, 0) is 24.2 Å². The molecule has 2 aromatic heterocycles. The van der Waals surface area contributed by atoms with Gasteiger partial charge in [0.25, 0.3) is 0 Å². The van der Waals surface area contributed by atoms with Crippen LogP contribution in [0, 0.1) is 0 Å². The summed E-state index contributed by atoms with van der Waals surface area (Å²) >= 11 is 3.51. The zero-order valence-electron chi connectivity index (χ0n) is 11.4. The molecule has 0 aliphatic rings. The van der Waals surface area contributed by atoms with Gasteiger partial charge in [-0.25, -0.2) is 4.98 Å². The van der Waals surface area contributed by atoms with E-state index in [1.165, 1.54) is 10.5 Å². The van der Waals surface area contributed by atoms with Gasteiger partial charge in [0.2, 0.25) is 0 Å². The molecule has 0 fully saturated rings. The van der Waals surface area contributed by atoms with Crippen LogP contribution < -0.4 is 5.32 Å². The molecule has 0 aliphatic carbocycles. The van der Waals surface area contributed by atoms with Crippen LogP contribution in [0.15, 0.2) is 46.9 Å². The van der Waals surface area contributed by atoms with Crippen molar-refractivity contribution in [3.8, 4) is 0 Å². The first-order valence-corrected chi connectivity index (χ1v) is 8.55. The quantitative estimate of drug-likeness (QED) is 0.702. The molecule has 0 spiro atoms. The maximum atomic E-state index is 4.60. The molecule has 1 aromatic carbocycles. The summed E-state index contributed by atoms with van der Waals surface area (Å²) in [5.41, 5.74) is 2.47. The average molecular weight is 303 g/mol. The van der Waals surface area contributed by atoms with Crippen molar-refractivity contribution in [1.82, 2.24) is 14.7 Å². The lowest BCUT2D eigenvalue weighted by Crippen LogP contribution is -2.11. The molecule has 3 aromatic rings. The minimum atomic E-state index is 0.918. The van der Waals surface area contributed by atoms with Crippen LogP contribution >= 0.6 is 23.1 Å². The molecule has 0 aliphatic heterocycles. The van der Waals surface area contributed by atoms with E-state index < -0.39 is 0 Å². The van der Waals surface area contributed by atoms with Gasteiger partial charge < -0.3 is 5.32 Å². The van der Waals surface area contributed by atoms with Crippen molar-refractivity contribution >= 4 is 28.1 Å². The second kappa shape index (κ2) is 6.43. The number of hydrogen-bond acceptors (Lipinski definition) is 4. The van der Waals surface area contributed by atoms with Crippen LogP contribution in [0.25, 0.3) is 4.96 Å². The second-order valence-corrected chi connectivity index (χ2v) is 6.46. The van der Waals surface area contributed by atoms with Gasteiger partial charge in [0.1, 0.15) is 0 Å². The van der Waals surface area contributed by atoms with Crippen LogP contribution in [0.3, 0.4) is 0 Å². The number of nitrogens with zero attached hydrogens (tertiary/aromatic N) is 2. The molecule has 0 saturated heterocycles. The molecule has 1 N–H and O–H groups in total. The number of benzene rings is 1. The maximum absolute atomic E-state index is 4.60. The first kappa shape index (κ1) is 13.7. The zero-order valence-corrected chi connectivity index (χ0v) is 13.0. The molecule has 0 saturated carbocycles. The van der Waals surface area contributed by atoms with Crippen LogP contribution in [0.4, 0.5) is 0 Å². The summed E-state index contributed by atoms with van der Waals surface area (Å²) in [7, 11) is 0. The first-order valence-electron chi connectivity index (χ1n) is 6.68. The highest BCUT2D eigenvalue weighted by Gasteiger charge is 2.03. The highest BCUT2D eigenvalue weighted by atomic mass is 32.2. The average Bonchev–Trinajstić information content (AvgIpc) is 3.05. The van der Waals surface area contributed by atoms with E-state index in [0.29, 0.717) is 0 Å². The van der Waals surface area contributed by atoms with Crippen LogP contribution in [-0.2, 0) is 12.3 Å².